The van der Waals surface area contributed by atoms with Gasteiger partial charge in [0.25, 0.3) is 5.91 Å². The van der Waals surface area contributed by atoms with Crippen LogP contribution in [0.1, 0.15) is 63.8 Å². The fourth-order valence-electron chi connectivity index (χ4n) is 5.84. The minimum Gasteiger partial charge on any atom is -0.349 e. The topological polar surface area (TPSA) is 46.2 Å². The summed E-state index contributed by atoms with van der Waals surface area (Å²) in [5, 5.41) is 3.29. The highest BCUT2D eigenvalue weighted by molar-refractivity contribution is 7.12. The molecule has 2 aliphatic carbocycles. The second-order valence-corrected chi connectivity index (χ2v) is 11.5. The zero-order valence-electron chi connectivity index (χ0n) is 19.6. The minimum atomic E-state index is 0.0649. The molecule has 1 N–H and O–H groups in total. The van der Waals surface area contributed by atoms with Gasteiger partial charge < -0.3 is 5.32 Å². The Hall–Kier alpha value is -2.72. The second kappa shape index (κ2) is 8.57. The first kappa shape index (κ1) is 22.1. The number of Topliss-reactive ketones (excluding diaryl/α,β-unsaturated/α-hetero) is 1. The molecule has 0 bridgehead atoms. The highest BCUT2D eigenvalue weighted by Gasteiger charge is 2.54. The number of thiophene rings is 1. The van der Waals surface area contributed by atoms with Gasteiger partial charge >= 0.3 is 0 Å². The lowest BCUT2D eigenvalue weighted by Gasteiger charge is -2.57. The van der Waals surface area contributed by atoms with Gasteiger partial charge in [0.05, 0.1) is 5.56 Å². The van der Waals surface area contributed by atoms with E-state index in [0.717, 1.165) is 48.1 Å². The van der Waals surface area contributed by atoms with Gasteiger partial charge in [0.2, 0.25) is 0 Å². The van der Waals surface area contributed by atoms with Crippen molar-refractivity contribution in [3.63, 3.8) is 0 Å². The molecule has 0 unspecified atom stereocenters. The van der Waals surface area contributed by atoms with Crippen LogP contribution in [-0.4, -0.2) is 17.7 Å². The Balaban J connectivity index is 1.26. The van der Waals surface area contributed by atoms with Crippen molar-refractivity contribution in [1.82, 2.24) is 5.32 Å². The van der Waals surface area contributed by atoms with E-state index in [2.05, 4.69) is 67.7 Å². The number of hydrogen-bond acceptors (Lipinski definition) is 3. The van der Waals surface area contributed by atoms with E-state index in [1.807, 2.05) is 6.07 Å². The van der Waals surface area contributed by atoms with Crippen LogP contribution in [0.5, 0.6) is 0 Å². The van der Waals surface area contributed by atoms with Crippen LogP contribution < -0.4 is 5.32 Å². The van der Waals surface area contributed by atoms with E-state index in [-0.39, 0.29) is 17.9 Å². The van der Waals surface area contributed by atoms with Crippen LogP contribution in [0.2, 0.25) is 0 Å². The van der Waals surface area contributed by atoms with Gasteiger partial charge in [-0.2, -0.15) is 0 Å². The predicted molar refractivity (Wildman–Crippen MR) is 135 cm³/mol. The van der Waals surface area contributed by atoms with Gasteiger partial charge in [0.15, 0.2) is 0 Å². The zero-order valence-corrected chi connectivity index (χ0v) is 20.4. The lowest BCUT2D eigenvalue weighted by atomic mass is 9.49. The summed E-state index contributed by atoms with van der Waals surface area (Å²) in [5.41, 5.74) is 5.97. The molecule has 1 spiro atoms. The number of rotatable bonds is 6. The molecule has 1 amide bonds. The molecular formula is C29H31NO2S. The number of benzene rings is 2. The molecule has 0 saturated heterocycles. The smallest absolute Gasteiger partial charge is 0.252 e. The summed E-state index contributed by atoms with van der Waals surface area (Å²) in [6, 6.07) is 19.3. The molecule has 5 rings (SSSR count). The molecule has 3 aromatic rings. The predicted octanol–water partition coefficient (Wildman–Crippen LogP) is 6.50. The summed E-state index contributed by atoms with van der Waals surface area (Å²) in [6.45, 7) is 5.88. The third kappa shape index (κ3) is 4.29. The van der Waals surface area contributed by atoms with Gasteiger partial charge in [-0.15, -0.1) is 11.3 Å². The van der Waals surface area contributed by atoms with Crippen molar-refractivity contribution in [2.24, 2.45) is 11.3 Å². The Morgan fingerprint density at radius 2 is 1.55 bits per heavy atom. The zero-order chi connectivity index (χ0) is 23.2. The van der Waals surface area contributed by atoms with E-state index >= 15 is 0 Å². The maximum atomic E-state index is 13.3. The number of amides is 1. The highest BCUT2D eigenvalue weighted by Crippen LogP contribution is 2.58. The van der Waals surface area contributed by atoms with Crippen LogP contribution in [0.25, 0.3) is 11.1 Å². The fourth-order valence-corrected chi connectivity index (χ4v) is 6.92. The van der Waals surface area contributed by atoms with Gasteiger partial charge in [-0.1, -0.05) is 54.6 Å². The number of carbonyl (C=O) groups is 2. The van der Waals surface area contributed by atoms with Crippen molar-refractivity contribution in [2.45, 2.75) is 58.9 Å². The van der Waals surface area contributed by atoms with E-state index in [1.165, 1.54) is 21.6 Å². The molecule has 2 saturated carbocycles. The number of ketones is 1. The summed E-state index contributed by atoms with van der Waals surface area (Å²) >= 11 is 1.72. The Labute approximate surface area is 200 Å². The molecule has 2 aliphatic rings. The van der Waals surface area contributed by atoms with Gasteiger partial charge in [-0.25, -0.2) is 0 Å². The van der Waals surface area contributed by atoms with E-state index < -0.39 is 0 Å². The number of aryl methyl sites for hydroxylation is 2. The summed E-state index contributed by atoms with van der Waals surface area (Å²) in [7, 11) is 0. The van der Waals surface area contributed by atoms with Crippen LogP contribution in [0.3, 0.4) is 0 Å². The molecule has 2 fully saturated rings. The fraction of sp³-hybridized carbons (Fsp3) is 0.379. The third-order valence-corrected chi connectivity index (χ3v) is 8.74. The number of carbonyl (C=O) groups excluding carboxylic acids is 2. The van der Waals surface area contributed by atoms with Crippen molar-refractivity contribution in [3.05, 3.63) is 81.0 Å². The lowest BCUT2D eigenvalue weighted by Crippen LogP contribution is -2.57. The van der Waals surface area contributed by atoms with Crippen molar-refractivity contribution in [1.29, 1.82) is 0 Å². The first-order valence-corrected chi connectivity index (χ1v) is 12.7. The summed E-state index contributed by atoms with van der Waals surface area (Å²) in [4.78, 5) is 27.1. The van der Waals surface area contributed by atoms with Gasteiger partial charge in [0.1, 0.15) is 5.78 Å². The van der Waals surface area contributed by atoms with Gasteiger partial charge in [-0.05, 0) is 80.5 Å². The molecule has 0 atom stereocenters. The average molecular weight is 458 g/mol. The first-order valence-electron chi connectivity index (χ1n) is 11.9. The monoisotopic (exact) mass is 457 g/mol. The Morgan fingerprint density at radius 3 is 2.18 bits per heavy atom. The quantitative estimate of drug-likeness (QED) is 0.459. The normalized spacial score (nSPS) is 23.6. The van der Waals surface area contributed by atoms with Crippen molar-refractivity contribution in [3.8, 4) is 11.1 Å². The molecule has 4 heteroatoms. The molecule has 170 valence electrons. The van der Waals surface area contributed by atoms with Gasteiger partial charge in [-0.3, -0.25) is 9.59 Å². The maximum absolute atomic E-state index is 13.3. The Bertz CT molecular complexity index is 1180. The standard InChI is InChI=1S/C29H31NO2S/c1-18(31)24-14-29(15-24)16-25(17-29)30-28(32)27-20(3)33-19(2)26(27)13-21-9-11-23(12-10-21)22-7-5-4-6-8-22/h4-12,24-25H,13-17H2,1-3H3,(H,30,32)/t24-,25-,29?. The van der Waals surface area contributed by atoms with Crippen molar-refractivity contribution >= 4 is 23.0 Å². The summed E-state index contributed by atoms with van der Waals surface area (Å²) in [6.07, 6.45) is 4.82. The van der Waals surface area contributed by atoms with Crippen LogP contribution in [0, 0.1) is 25.2 Å². The molecule has 0 radical (unpaired) electrons. The van der Waals surface area contributed by atoms with E-state index in [1.54, 1.807) is 18.3 Å². The largest absolute Gasteiger partial charge is 0.349 e. The Morgan fingerprint density at radius 1 is 0.909 bits per heavy atom. The average Bonchev–Trinajstić information content (AvgIpc) is 3.02. The van der Waals surface area contributed by atoms with Crippen LogP contribution in [0.4, 0.5) is 0 Å². The number of nitrogens with one attached hydrogen (secondary N) is 1. The molecule has 1 aromatic heterocycles. The minimum absolute atomic E-state index is 0.0649. The molecular weight excluding hydrogens is 426 g/mol. The molecule has 33 heavy (non-hydrogen) atoms. The highest BCUT2D eigenvalue weighted by atomic mass is 32.1. The van der Waals surface area contributed by atoms with E-state index in [9.17, 15) is 9.59 Å². The van der Waals surface area contributed by atoms with Crippen LogP contribution >= 0.6 is 11.3 Å². The molecule has 2 aromatic carbocycles. The van der Waals surface area contributed by atoms with E-state index in [4.69, 9.17) is 0 Å². The van der Waals surface area contributed by atoms with Crippen LogP contribution in [0.15, 0.2) is 54.6 Å². The SMILES string of the molecule is Cc1sc(C)c(C(=O)N[C@H]2CC3(C2)C[C@H](C(C)=O)C3)c1Cc1ccc(-c2ccccc2)cc1. The summed E-state index contributed by atoms with van der Waals surface area (Å²) < 4.78 is 0. The lowest BCUT2D eigenvalue weighted by molar-refractivity contribution is -0.134. The van der Waals surface area contributed by atoms with Crippen molar-refractivity contribution in [2.75, 3.05) is 0 Å². The first-order chi connectivity index (χ1) is 15.8. The van der Waals surface area contributed by atoms with Crippen LogP contribution in [-0.2, 0) is 11.2 Å². The summed E-state index contributed by atoms with van der Waals surface area (Å²) in [5.74, 6) is 0.636. The second-order valence-electron chi connectivity index (χ2n) is 10.1. The maximum Gasteiger partial charge on any atom is 0.252 e. The van der Waals surface area contributed by atoms with Crippen molar-refractivity contribution < 1.29 is 9.59 Å². The number of hydrogen-bond donors (Lipinski definition) is 1. The molecule has 1 heterocycles. The van der Waals surface area contributed by atoms with E-state index in [0.29, 0.717) is 11.2 Å². The molecule has 0 aliphatic heterocycles. The molecule has 3 nitrogen and oxygen atoms in total. The third-order valence-electron chi connectivity index (χ3n) is 7.68. The Kier molecular flexibility index (Phi) is 5.74. The van der Waals surface area contributed by atoms with Gasteiger partial charge in [0, 0.05) is 21.7 Å².